The highest BCUT2D eigenvalue weighted by Gasteiger charge is 2.41. The van der Waals surface area contributed by atoms with Crippen LogP contribution in [0.15, 0.2) is 0 Å². The molecule has 0 aliphatic rings. The number of hydrogen-bond acceptors (Lipinski definition) is 5. The Morgan fingerprint density at radius 1 is 1.64 bits per heavy atom. The molecule has 6 heteroatoms. The number of methoxy groups -OCH3 is 2. The molecule has 0 aromatic heterocycles. The van der Waals surface area contributed by atoms with Crippen LogP contribution >= 0.6 is 0 Å². The van der Waals surface area contributed by atoms with Gasteiger partial charge in [0.1, 0.15) is 6.61 Å². The predicted molar refractivity (Wildman–Crippen MR) is 33.0 cm³/mol. The molecule has 0 aromatic carbocycles. The molecule has 2 N–H and O–H groups in total. The Hall–Kier alpha value is -0.720. The molecule has 0 unspecified atom stereocenters. The summed E-state index contributed by atoms with van der Waals surface area (Å²) in [4.78, 5) is 14.3. The van der Waals surface area contributed by atoms with Crippen LogP contribution in [-0.4, -0.2) is 32.7 Å². The summed E-state index contributed by atoms with van der Waals surface area (Å²) in [6, 6.07) is 0. The molecule has 0 radical (unpaired) electrons. The van der Waals surface area contributed by atoms with Crippen molar-refractivity contribution < 1.29 is 23.5 Å². The normalized spacial score (nSPS) is 15.6. The van der Waals surface area contributed by atoms with E-state index in [1.54, 1.807) is 0 Å². The first kappa shape index (κ1) is 10.3. The third kappa shape index (κ3) is 2.41. The second kappa shape index (κ2) is 4.22. The second-order valence-electron chi connectivity index (χ2n) is 1.77. The lowest BCUT2D eigenvalue weighted by molar-refractivity contribution is -0.212. The minimum Gasteiger partial charge on any atom is -0.465 e. The van der Waals surface area contributed by atoms with E-state index < -0.39 is 18.4 Å². The van der Waals surface area contributed by atoms with Crippen molar-refractivity contribution in [1.82, 2.24) is 0 Å². The molecule has 0 bridgehead atoms. The van der Waals surface area contributed by atoms with Crippen molar-refractivity contribution in [1.29, 1.82) is 0 Å². The quantitative estimate of drug-likeness (QED) is 0.445. The van der Waals surface area contributed by atoms with Crippen LogP contribution in [0.5, 0.6) is 0 Å². The van der Waals surface area contributed by atoms with E-state index in [0.29, 0.717) is 0 Å². The van der Waals surface area contributed by atoms with Crippen LogP contribution in [0, 0.1) is 0 Å². The zero-order valence-electron chi connectivity index (χ0n) is 6.30. The van der Waals surface area contributed by atoms with Gasteiger partial charge in [-0.05, 0) is 0 Å². The summed E-state index contributed by atoms with van der Waals surface area (Å²) in [5.41, 5.74) is 0. The number of halogens is 1. The number of esters is 1. The van der Waals surface area contributed by atoms with E-state index in [2.05, 4.69) is 20.2 Å². The second-order valence-corrected chi connectivity index (χ2v) is 1.77. The minimum atomic E-state index is -2.70. The zero-order chi connectivity index (χ0) is 8.91. The summed E-state index contributed by atoms with van der Waals surface area (Å²) in [5, 5.41) is 0. The van der Waals surface area contributed by atoms with Crippen molar-refractivity contribution in [3.8, 4) is 0 Å². The maximum absolute atomic E-state index is 13.0. The summed E-state index contributed by atoms with van der Waals surface area (Å²) in [6.45, 7) is -0.601. The molecule has 0 rings (SSSR count). The van der Waals surface area contributed by atoms with E-state index >= 15 is 0 Å². The van der Waals surface area contributed by atoms with Gasteiger partial charge >= 0.3 is 11.8 Å². The van der Waals surface area contributed by atoms with Gasteiger partial charge in [-0.3, -0.25) is 4.84 Å². The molecular weight excluding hydrogens is 157 g/mol. The molecule has 0 saturated carbocycles. The predicted octanol–water partition coefficient (Wildman–Crippen LogP) is -0.638. The number of rotatable bonds is 4. The number of carbonyl (C=O) groups excluding carboxylic acids is 1. The van der Waals surface area contributed by atoms with E-state index in [4.69, 9.17) is 0 Å². The van der Waals surface area contributed by atoms with Crippen LogP contribution in [0.25, 0.3) is 0 Å². The fraction of sp³-hybridized carbons (Fsp3) is 0.800. The lowest BCUT2D eigenvalue weighted by Crippen LogP contribution is -2.44. The van der Waals surface area contributed by atoms with Gasteiger partial charge in [0.15, 0.2) is 0 Å². The van der Waals surface area contributed by atoms with Crippen LogP contribution in [0.3, 0.4) is 0 Å². The molecule has 0 aliphatic heterocycles. The highest BCUT2D eigenvalue weighted by Crippen LogP contribution is 2.12. The highest BCUT2D eigenvalue weighted by molar-refractivity contribution is 5.77. The number of carbonyl (C=O) groups is 1. The van der Waals surface area contributed by atoms with Crippen molar-refractivity contribution in [3.05, 3.63) is 0 Å². The van der Waals surface area contributed by atoms with E-state index in [1.165, 1.54) is 7.11 Å². The molecule has 0 fully saturated rings. The molecule has 0 aliphatic carbocycles. The number of hydrogen-bond donors (Lipinski definition) is 1. The third-order valence-corrected chi connectivity index (χ3v) is 1.01. The van der Waals surface area contributed by atoms with Gasteiger partial charge < -0.3 is 9.47 Å². The highest BCUT2D eigenvalue weighted by atomic mass is 19.2. The third-order valence-electron chi connectivity index (χ3n) is 1.01. The number of alkyl halides is 1. The van der Waals surface area contributed by atoms with Gasteiger partial charge in [-0.25, -0.2) is 10.7 Å². The van der Waals surface area contributed by atoms with Crippen molar-refractivity contribution in [2.75, 3.05) is 20.8 Å². The summed E-state index contributed by atoms with van der Waals surface area (Å²) >= 11 is 0. The van der Waals surface area contributed by atoms with E-state index in [9.17, 15) is 9.18 Å². The van der Waals surface area contributed by atoms with Gasteiger partial charge in [-0.1, -0.05) is 0 Å². The Kier molecular flexibility index (Phi) is 3.94. The maximum atomic E-state index is 13.0. The summed E-state index contributed by atoms with van der Waals surface area (Å²) < 4.78 is 21.4. The lowest BCUT2D eigenvalue weighted by Gasteiger charge is -2.17. The summed E-state index contributed by atoms with van der Waals surface area (Å²) in [7, 11) is 2.22. The first-order chi connectivity index (χ1) is 5.10. The van der Waals surface area contributed by atoms with Crippen LogP contribution in [0.1, 0.15) is 0 Å². The minimum absolute atomic E-state index is 0.601. The van der Waals surface area contributed by atoms with Crippen LogP contribution in [-0.2, 0) is 19.1 Å². The summed E-state index contributed by atoms with van der Waals surface area (Å²) in [6.07, 6.45) is 0. The van der Waals surface area contributed by atoms with Crippen molar-refractivity contribution in [3.63, 3.8) is 0 Å². The van der Waals surface area contributed by atoms with Gasteiger partial charge in [0.25, 0.3) is 0 Å². The maximum Gasteiger partial charge on any atom is 0.375 e. The number of nitrogens with two attached hydrogens (primary N) is 1. The molecule has 11 heavy (non-hydrogen) atoms. The smallest absolute Gasteiger partial charge is 0.375 e. The number of ether oxygens (including phenoxy) is 2. The molecule has 0 aromatic rings. The SMILES string of the molecule is COC[C@](F)(ON)C(=O)OC. The van der Waals surface area contributed by atoms with Gasteiger partial charge in [0.05, 0.1) is 7.11 Å². The van der Waals surface area contributed by atoms with Crippen LogP contribution in [0.4, 0.5) is 4.39 Å². The van der Waals surface area contributed by atoms with Crippen molar-refractivity contribution in [2.45, 2.75) is 5.85 Å². The van der Waals surface area contributed by atoms with Gasteiger partial charge in [0, 0.05) is 7.11 Å². The molecular formula is C5H10FNO4. The fourth-order valence-corrected chi connectivity index (χ4v) is 0.479. The van der Waals surface area contributed by atoms with E-state index in [1.807, 2.05) is 0 Å². The Balaban J connectivity index is 4.19. The first-order valence-corrected chi connectivity index (χ1v) is 2.75. The molecule has 0 heterocycles. The van der Waals surface area contributed by atoms with Crippen molar-refractivity contribution in [2.24, 2.45) is 5.90 Å². The summed E-state index contributed by atoms with van der Waals surface area (Å²) in [5.74, 6) is 0.588. The van der Waals surface area contributed by atoms with E-state index in [-0.39, 0.29) is 0 Å². The molecule has 0 amide bonds. The van der Waals surface area contributed by atoms with Crippen LogP contribution < -0.4 is 5.90 Å². The van der Waals surface area contributed by atoms with Gasteiger partial charge in [0.2, 0.25) is 0 Å². The largest absolute Gasteiger partial charge is 0.465 e. The van der Waals surface area contributed by atoms with Gasteiger partial charge in [-0.2, -0.15) is 4.39 Å². The zero-order valence-corrected chi connectivity index (χ0v) is 6.30. The molecule has 0 saturated heterocycles. The Morgan fingerprint density at radius 2 is 2.18 bits per heavy atom. The fourth-order valence-electron chi connectivity index (χ4n) is 0.479. The molecule has 5 nitrogen and oxygen atoms in total. The standard InChI is InChI=1S/C5H10FNO4/c1-9-3-5(6,11-7)4(8)10-2/h3,7H2,1-2H3/t5-/m0/s1. The molecule has 1 atom stereocenters. The lowest BCUT2D eigenvalue weighted by atomic mass is 10.3. The van der Waals surface area contributed by atoms with Gasteiger partial charge in [-0.15, -0.1) is 0 Å². The average Bonchev–Trinajstić information content (AvgIpc) is 2.03. The van der Waals surface area contributed by atoms with Crippen molar-refractivity contribution >= 4 is 5.97 Å². The topological polar surface area (TPSA) is 70.8 Å². The molecule has 66 valence electrons. The Morgan fingerprint density at radius 3 is 2.45 bits per heavy atom. The first-order valence-electron chi connectivity index (χ1n) is 2.75. The Labute approximate surface area is 63.2 Å². The van der Waals surface area contributed by atoms with E-state index in [0.717, 1.165) is 7.11 Å². The molecule has 0 spiro atoms. The Bertz CT molecular complexity index is 142. The monoisotopic (exact) mass is 167 g/mol. The van der Waals surface area contributed by atoms with Crippen LogP contribution in [0.2, 0.25) is 0 Å². The average molecular weight is 167 g/mol.